The van der Waals surface area contributed by atoms with Gasteiger partial charge in [-0.3, -0.25) is 0 Å². The van der Waals surface area contributed by atoms with Crippen molar-refractivity contribution in [2.45, 2.75) is 6.42 Å². The molecule has 12 heteroatoms. The summed E-state index contributed by atoms with van der Waals surface area (Å²) >= 11 is 13.1. The maximum absolute atomic E-state index is 14.3. The summed E-state index contributed by atoms with van der Waals surface area (Å²) < 4.78 is 7.75. The van der Waals surface area contributed by atoms with Crippen LogP contribution >= 0.6 is 30.0 Å². The molecule has 1 heterocycles. The number of rotatable bonds is 8. The first-order chi connectivity index (χ1) is 25.1. The van der Waals surface area contributed by atoms with E-state index < -0.39 is 22.6 Å². The Balaban J connectivity index is 1.55. The Bertz CT molecular complexity index is 2290. The zero-order valence-corrected chi connectivity index (χ0v) is 29.6. The molecular weight excluding hydrogens is 720 g/mol. The van der Waals surface area contributed by atoms with Crippen LogP contribution in [0.2, 0.25) is 10.0 Å². The topological polar surface area (TPSA) is 125 Å². The second kappa shape index (κ2) is 13.7. The summed E-state index contributed by atoms with van der Waals surface area (Å²) in [5.74, 6) is -0.266. The molecule has 258 valence electrons. The molecule has 0 saturated carbocycles. The van der Waals surface area contributed by atoms with Crippen LogP contribution in [-0.2, 0) is 6.42 Å². The van der Waals surface area contributed by atoms with Crippen molar-refractivity contribution in [2.24, 2.45) is 0 Å². The van der Waals surface area contributed by atoms with Gasteiger partial charge in [-0.05, 0) is 0 Å². The van der Waals surface area contributed by atoms with Crippen LogP contribution in [0.1, 0.15) is 21.5 Å². The Labute approximate surface area is 308 Å². The molecule has 0 aromatic heterocycles. The average molecular weight is 749 g/mol. The molecule has 0 radical (unpaired) electrons. The van der Waals surface area contributed by atoms with Crippen molar-refractivity contribution in [3.8, 4) is 5.75 Å². The molecule has 7 rings (SSSR count). The maximum atomic E-state index is 14.3. The van der Waals surface area contributed by atoms with Crippen LogP contribution in [0.25, 0.3) is 6.08 Å². The number of non-ortho nitro benzene ring substituents is 2. The third kappa shape index (κ3) is 5.79. The number of allylic oxidation sites excluding steroid dienone is 1. The van der Waals surface area contributed by atoms with E-state index in [0.29, 0.717) is 22.8 Å². The van der Waals surface area contributed by atoms with Crippen molar-refractivity contribution in [2.75, 3.05) is 5.32 Å². The minimum absolute atomic E-state index is 0.00910. The third-order valence-corrected chi connectivity index (χ3v) is 15.5. The summed E-state index contributed by atoms with van der Waals surface area (Å²) in [5, 5.41) is 29.4. The van der Waals surface area contributed by atoms with Gasteiger partial charge >= 0.3 is 310 Å². The van der Waals surface area contributed by atoms with Crippen molar-refractivity contribution < 1.29 is 19.2 Å². The van der Waals surface area contributed by atoms with Crippen LogP contribution < -0.4 is 25.8 Å². The Morgan fingerprint density at radius 1 is 0.692 bits per heavy atom. The molecular formula is C40H28Cl2N3O6P. The first kappa shape index (κ1) is 34.6. The van der Waals surface area contributed by atoms with E-state index in [1.54, 1.807) is 18.2 Å². The number of amides is 1. The molecule has 0 unspecified atom stereocenters. The molecule has 1 N–H and O–H groups in total. The van der Waals surface area contributed by atoms with Gasteiger partial charge in [0, 0.05) is 0 Å². The van der Waals surface area contributed by atoms with Crippen LogP contribution in [0.15, 0.2) is 151 Å². The van der Waals surface area contributed by atoms with Crippen LogP contribution in [-0.4, -0.2) is 15.8 Å². The van der Waals surface area contributed by atoms with Gasteiger partial charge in [-0.1, -0.05) is 0 Å². The van der Waals surface area contributed by atoms with Crippen molar-refractivity contribution in [1.29, 1.82) is 0 Å². The van der Waals surface area contributed by atoms with E-state index in [9.17, 15) is 25.0 Å². The van der Waals surface area contributed by atoms with Crippen LogP contribution in [0.3, 0.4) is 0 Å². The van der Waals surface area contributed by atoms with Crippen molar-refractivity contribution in [1.82, 2.24) is 0 Å². The summed E-state index contributed by atoms with van der Waals surface area (Å²) in [6, 6.07) is 43.1. The normalized spacial score (nSPS) is 15.7. The Kier molecular flexibility index (Phi) is 9.11. The molecule has 1 aliphatic rings. The molecule has 1 amide bonds. The third-order valence-electron chi connectivity index (χ3n) is 9.16. The molecule has 52 heavy (non-hydrogen) atoms. The number of halogens is 2. The first-order valence-electron chi connectivity index (χ1n) is 16.0. The van der Waals surface area contributed by atoms with Gasteiger partial charge in [0.15, 0.2) is 0 Å². The predicted octanol–water partition coefficient (Wildman–Crippen LogP) is 9.48. The van der Waals surface area contributed by atoms with E-state index in [1.165, 1.54) is 36.4 Å². The van der Waals surface area contributed by atoms with Gasteiger partial charge in [-0.2, -0.15) is 0 Å². The second-order valence-corrected chi connectivity index (χ2v) is 17.3. The Hall–Kier alpha value is -5.86. The number of hydrogen-bond donors (Lipinski definition) is 1. The predicted molar refractivity (Wildman–Crippen MR) is 208 cm³/mol. The SMILES string of the molecule is O=C(Nc1ccc([N+](=O)[O-])cc1Cl)c1cc(Cl)cc2c1OP(c1ccccc1)(c1ccccc1)(c1ccccc1)C(=Cc1ccc([N+](=O)[O-])cc1)C2. The molecule has 0 saturated heterocycles. The van der Waals surface area contributed by atoms with E-state index in [4.69, 9.17) is 27.7 Å². The van der Waals surface area contributed by atoms with E-state index in [0.717, 1.165) is 26.8 Å². The fraction of sp³-hybridized carbons (Fsp3) is 0.0250. The molecule has 0 fully saturated rings. The number of fused-ring (bicyclic) bond motifs is 1. The van der Waals surface area contributed by atoms with E-state index in [2.05, 4.69) is 5.32 Å². The van der Waals surface area contributed by atoms with Crippen molar-refractivity contribution in [3.05, 3.63) is 198 Å². The van der Waals surface area contributed by atoms with Crippen LogP contribution in [0, 0.1) is 20.2 Å². The number of carbonyl (C=O) groups is 1. The number of hydrogen-bond acceptors (Lipinski definition) is 6. The number of nitro groups is 2. The Morgan fingerprint density at radius 2 is 1.21 bits per heavy atom. The quantitative estimate of drug-likeness (QED) is 0.0940. The van der Waals surface area contributed by atoms with Crippen molar-refractivity contribution in [3.63, 3.8) is 0 Å². The van der Waals surface area contributed by atoms with Crippen molar-refractivity contribution >= 4 is 75.0 Å². The number of nitro benzene ring substituents is 2. The standard InChI is InChI=1S/C40H28Cl2N3O6P/c41-29-23-28-24-35(22-27-16-18-30(19-17-27)44(47)48)52(32-10-4-1-5-11-32,33-12-6-2-7-13-33,34-14-8-3-9-15-34)51-39(28)36(25-29)40(46)43-38-21-20-31(45(49)50)26-37(38)42/h1-23,25-26H,24H2,(H,43,46). The molecule has 0 spiro atoms. The molecule has 0 bridgehead atoms. The average Bonchev–Trinajstić information content (AvgIpc) is 3.16. The van der Waals surface area contributed by atoms with Gasteiger partial charge in [-0.25, -0.2) is 0 Å². The number of anilines is 1. The summed E-state index contributed by atoms with van der Waals surface area (Å²) in [7, 11) is 0. The zero-order chi connectivity index (χ0) is 36.5. The first-order valence-corrected chi connectivity index (χ1v) is 18.9. The number of nitrogens with zero attached hydrogens (tertiary/aromatic N) is 2. The summed E-state index contributed by atoms with van der Waals surface area (Å²) in [6.45, 7) is -4.32. The van der Waals surface area contributed by atoms with Gasteiger partial charge in [0.05, 0.1) is 0 Å². The summed E-state index contributed by atoms with van der Waals surface area (Å²) in [4.78, 5) is 36.2. The Morgan fingerprint density at radius 3 is 1.71 bits per heavy atom. The molecule has 0 atom stereocenters. The fourth-order valence-electron chi connectivity index (χ4n) is 6.85. The number of nitrogens with one attached hydrogen (secondary N) is 1. The van der Waals surface area contributed by atoms with E-state index in [-0.39, 0.29) is 27.6 Å². The van der Waals surface area contributed by atoms with E-state index in [1.807, 2.05) is 97.1 Å². The summed E-state index contributed by atoms with van der Waals surface area (Å²) in [6.07, 6.45) is 2.32. The molecule has 1 aliphatic heterocycles. The molecule has 6 aromatic carbocycles. The second-order valence-electron chi connectivity index (χ2n) is 12.1. The van der Waals surface area contributed by atoms with Gasteiger partial charge in [0.2, 0.25) is 0 Å². The molecule has 9 nitrogen and oxygen atoms in total. The van der Waals surface area contributed by atoms with Crippen LogP contribution in [0.5, 0.6) is 5.75 Å². The number of carbonyl (C=O) groups excluding carboxylic acids is 1. The van der Waals surface area contributed by atoms with Gasteiger partial charge in [0.25, 0.3) is 0 Å². The van der Waals surface area contributed by atoms with Crippen LogP contribution in [0.4, 0.5) is 17.1 Å². The fourth-order valence-corrected chi connectivity index (χ4v) is 13.3. The number of benzene rings is 6. The molecule has 6 aromatic rings. The van der Waals surface area contributed by atoms with Gasteiger partial charge in [-0.15, -0.1) is 0 Å². The monoisotopic (exact) mass is 747 g/mol. The summed E-state index contributed by atoms with van der Waals surface area (Å²) in [5.41, 5.74) is 1.43. The molecule has 0 aliphatic carbocycles. The van der Waals surface area contributed by atoms with Gasteiger partial charge in [0.1, 0.15) is 0 Å². The van der Waals surface area contributed by atoms with E-state index >= 15 is 0 Å². The minimum atomic E-state index is -4.32. The van der Waals surface area contributed by atoms with Gasteiger partial charge < -0.3 is 0 Å². The zero-order valence-electron chi connectivity index (χ0n) is 27.2.